The quantitative estimate of drug-likeness (QED) is 0.767. The van der Waals surface area contributed by atoms with Gasteiger partial charge in [0.1, 0.15) is 0 Å². The van der Waals surface area contributed by atoms with Gasteiger partial charge in [-0.05, 0) is 23.9 Å². The van der Waals surface area contributed by atoms with Crippen molar-refractivity contribution in [2.24, 2.45) is 0 Å². The molecule has 1 N–H and O–H groups in total. The van der Waals surface area contributed by atoms with Crippen LogP contribution in [-0.2, 0) is 5.41 Å². The van der Waals surface area contributed by atoms with Crippen LogP contribution in [0.4, 0.5) is 4.79 Å². The van der Waals surface area contributed by atoms with Crippen molar-refractivity contribution in [2.75, 3.05) is 6.54 Å². The smallest absolute Gasteiger partial charge is 0.276 e. The molecule has 0 unspecified atom stereocenters. The molecule has 14 heavy (non-hydrogen) atoms. The van der Waals surface area contributed by atoms with Gasteiger partial charge in [-0.2, -0.15) is 0 Å². The third kappa shape index (κ3) is 2.75. The van der Waals surface area contributed by atoms with E-state index in [9.17, 15) is 4.79 Å². The molecular weight excluding hydrogens is 214 g/mol. The lowest BCUT2D eigenvalue weighted by atomic mass is 9.89. The molecule has 0 saturated heterocycles. The lowest BCUT2D eigenvalue weighted by Gasteiger charge is -2.24. The molecule has 1 rings (SSSR count). The Kier molecular flexibility index (Phi) is 3.61. The molecule has 1 aromatic rings. The predicted molar refractivity (Wildman–Crippen MR) is 64.5 cm³/mol. The minimum Gasteiger partial charge on any atom is -0.346 e. The first-order valence-corrected chi connectivity index (χ1v) is 5.77. The average Bonchev–Trinajstić information content (AvgIpc) is 2.48. The van der Waals surface area contributed by atoms with E-state index in [4.69, 9.17) is 0 Å². The Morgan fingerprint density at radius 2 is 2.29 bits per heavy atom. The van der Waals surface area contributed by atoms with Gasteiger partial charge in [-0.25, -0.2) is 0 Å². The highest BCUT2D eigenvalue weighted by Crippen LogP contribution is 2.30. The fraction of sp³-hybridized carbons (Fsp3) is 0.500. The molecule has 1 aromatic heterocycles. The highest BCUT2D eigenvalue weighted by molar-refractivity contribution is 7.96. The summed E-state index contributed by atoms with van der Waals surface area (Å²) < 4.78 is 0. The van der Waals surface area contributed by atoms with Crippen molar-refractivity contribution < 1.29 is 4.79 Å². The van der Waals surface area contributed by atoms with Crippen LogP contribution >= 0.6 is 24.0 Å². The Morgan fingerprint density at radius 3 is 2.71 bits per heavy atom. The average molecular weight is 229 g/mol. The lowest BCUT2D eigenvalue weighted by Crippen LogP contribution is -2.34. The molecule has 1 heterocycles. The van der Waals surface area contributed by atoms with Crippen molar-refractivity contribution in [3.63, 3.8) is 0 Å². The Morgan fingerprint density at radius 1 is 1.64 bits per heavy atom. The van der Waals surface area contributed by atoms with Crippen LogP contribution in [0.1, 0.15) is 24.3 Å². The number of hydrogen-bond donors (Lipinski definition) is 2. The van der Waals surface area contributed by atoms with E-state index >= 15 is 0 Å². The highest BCUT2D eigenvalue weighted by atomic mass is 32.1. The Balaban J connectivity index is 2.75. The van der Waals surface area contributed by atoms with Crippen LogP contribution in [0, 0.1) is 6.92 Å². The molecule has 0 atom stereocenters. The number of carbonyl (C=O) groups is 1. The maximum Gasteiger partial charge on any atom is 0.276 e. The fourth-order valence-corrected chi connectivity index (χ4v) is 2.58. The maximum atomic E-state index is 10.7. The third-order valence-electron chi connectivity index (χ3n) is 2.16. The van der Waals surface area contributed by atoms with Crippen LogP contribution in [0.15, 0.2) is 11.4 Å². The Hall–Kier alpha value is -0.480. The first kappa shape index (κ1) is 11.6. The molecule has 0 aliphatic carbocycles. The SMILES string of the molecule is Cc1ccsc1C(C)(C)CNC(=O)S. The van der Waals surface area contributed by atoms with Crippen molar-refractivity contribution in [3.8, 4) is 0 Å². The number of thiol groups is 1. The molecule has 0 spiro atoms. The van der Waals surface area contributed by atoms with Gasteiger partial charge in [0, 0.05) is 16.8 Å². The van der Waals surface area contributed by atoms with E-state index < -0.39 is 0 Å². The molecule has 0 aromatic carbocycles. The summed E-state index contributed by atoms with van der Waals surface area (Å²) in [6.45, 7) is 6.96. The molecule has 2 nitrogen and oxygen atoms in total. The van der Waals surface area contributed by atoms with Crippen molar-refractivity contribution in [2.45, 2.75) is 26.2 Å². The Bertz CT molecular complexity index is 331. The number of thiophene rings is 1. The molecule has 78 valence electrons. The van der Waals surface area contributed by atoms with Gasteiger partial charge in [0.25, 0.3) is 5.24 Å². The summed E-state index contributed by atoms with van der Waals surface area (Å²) in [5.74, 6) is 0. The van der Waals surface area contributed by atoms with E-state index in [0.29, 0.717) is 6.54 Å². The van der Waals surface area contributed by atoms with Gasteiger partial charge in [-0.15, -0.1) is 11.3 Å². The van der Waals surface area contributed by atoms with Gasteiger partial charge >= 0.3 is 0 Å². The first-order chi connectivity index (χ1) is 6.43. The Labute approximate surface area is 94.1 Å². The normalized spacial score (nSPS) is 11.4. The van der Waals surface area contributed by atoms with Gasteiger partial charge in [-0.3, -0.25) is 4.79 Å². The van der Waals surface area contributed by atoms with Crippen molar-refractivity contribution in [3.05, 3.63) is 21.9 Å². The zero-order valence-corrected chi connectivity index (χ0v) is 10.3. The number of rotatable bonds is 3. The summed E-state index contributed by atoms with van der Waals surface area (Å²) in [6.07, 6.45) is 0. The summed E-state index contributed by atoms with van der Waals surface area (Å²) >= 11 is 5.42. The second-order valence-electron chi connectivity index (χ2n) is 3.98. The van der Waals surface area contributed by atoms with Gasteiger partial charge < -0.3 is 5.32 Å². The van der Waals surface area contributed by atoms with E-state index in [1.165, 1.54) is 10.4 Å². The molecular formula is C10H15NOS2. The minimum atomic E-state index is -0.271. The van der Waals surface area contributed by atoms with Gasteiger partial charge in [-0.1, -0.05) is 26.5 Å². The number of hydrogen-bond acceptors (Lipinski definition) is 2. The minimum absolute atomic E-state index is 0.0172. The van der Waals surface area contributed by atoms with Crippen molar-refractivity contribution in [1.29, 1.82) is 0 Å². The van der Waals surface area contributed by atoms with E-state index in [1.807, 2.05) is 0 Å². The second kappa shape index (κ2) is 4.36. The van der Waals surface area contributed by atoms with Crippen LogP contribution in [0.3, 0.4) is 0 Å². The number of nitrogens with one attached hydrogen (secondary N) is 1. The third-order valence-corrected chi connectivity index (χ3v) is 3.70. The molecule has 0 saturated carbocycles. The molecule has 0 fully saturated rings. The molecule has 0 radical (unpaired) electrons. The van der Waals surface area contributed by atoms with Crippen LogP contribution in [0.25, 0.3) is 0 Å². The van der Waals surface area contributed by atoms with Gasteiger partial charge in [0.15, 0.2) is 0 Å². The molecule has 4 heteroatoms. The standard InChI is InChI=1S/C10H15NOS2/c1-7-4-5-14-8(7)10(2,3)6-11-9(12)13/h4-5H,6H2,1-3H3,(H2,11,12,13). The second-order valence-corrected chi connectivity index (χ2v) is 5.30. The van der Waals surface area contributed by atoms with Crippen molar-refractivity contribution in [1.82, 2.24) is 5.32 Å². The van der Waals surface area contributed by atoms with E-state index in [1.54, 1.807) is 11.3 Å². The maximum absolute atomic E-state index is 10.7. The first-order valence-electron chi connectivity index (χ1n) is 4.45. The largest absolute Gasteiger partial charge is 0.346 e. The number of amides is 1. The van der Waals surface area contributed by atoms with E-state index in [0.717, 1.165) is 0 Å². The molecule has 0 aliphatic heterocycles. The zero-order valence-electron chi connectivity index (χ0n) is 8.63. The van der Waals surface area contributed by atoms with Gasteiger partial charge in [0.05, 0.1) is 0 Å². The zero-order chi connectivity index (χ0) is 10.8. The van der Waals surface area contributed by atoms with Crippen LogP contribution in [0.2, 0.25) is 0 Å². The van der Waals surface area contributed by atoms with Gasteiger partial charge in [0.2, 0.25) is 0 Å². The molecule has 1 amide bonds. The molecule has 0 bridgehead atoms. The van der Waals surface area contributed by atoms with E-state index in [-0.39, 0.29) is 10.7 Å². The monoisotopic (exact) mass is 229 g/mol. The summed E-state index contributed by atoms with van der Waals surface area (Å²) in [5, 5.41) is 4.54. The van der Waals surface area contributed by atoms with Crippen LogP contribution in [-0.4, -0.2) is 11.8 Å². The lowest BCUT2D eigenvalue weighted by molar-refractivity contribution is 0.259. The molecule has 0 aliphatic rings. The predicted octanol–water partition coefficient (Wildman–Crippen LogP) is 2.97. The summed E-state index contributed by atoms with van der Waals surface area (Å²) in [7, 11) is 0. The highest BCUT2D eigenvalue weighted by Gasteiger charge is 2.23. The fourth-order valence-electron chi connectivity index (χ4n) is 1.44. The summed E-state index contributed by atoms with van der Waals surface area (Å²) in [4.78, 5) is 12.0. The van der Waals surface area contributed by atoms with Crippen molar-refractivity contribution >= 4 is 29.2 Å². The summed E-state index contributed by atoms with van der Waals surface area (Å²) in [5.41, 5.74) is 1.27. The number of aryl methyl sites for hydroxylation is 1. The van der Waals surface area contributed by atoms with Crippen LogP contribution in [0.5, 0.6) is 0 Å². The number of carbonyl (C=O) groups excluding carboxylic acids is 1. The van der Waals surface area contributed by atoms with E-state index in [2.05, 4.69) is 50.2 Å². The van der Waals surface area contributed by atoms with Crippen LogP contribution < -0.4 is 5.32 Å². The topological polar surface area (TPSA) is 29.1 Å². The summed E-state index contributed by atoms with van der Waals surface area (Å²) in [6, 6.07) is 2.10.